The lowest BCUT2D eigenvalue weighted by atomic mass is 9.74. The average Bonchev–Trinajstić information content (AvgIpc) is 2.51. The molecule has 1 aromatic heterocycles. The quantitative estimate of drug-likeness (QED) is 0.908. The van der Waals surface area contributed by atoms with E-state index in [1.165, 1.54) is 5.56 Å². The van der Waals surface area contributed by atoms with E-state index in [-0.39, 0.29) is 0 Å². The van der Waals surface area contributed by atoms with Gasteiger partial charge in [0.1, 0.15) is 5.82 Å². The topological polar surface area (TPSA) is 59.1 Å². The van der Waals surface area contributed by atoms with Crippen LogP contribution in [-0.2, 0) is 6.42 Å². The van der Waals surface area contributed by atoms with E-state index in [1.807, 2.05) is 18.2 Å². The fraction of sp³-hybridized carbons (Fsp3) is 0.389. The van der Waals surface area contributed by atoms with Gasteiger partial charge >= 0.3 is 0 Å². The molecule has 21 heavy (non-hydrogen) atoms. The number of aliphatic hydroxyl groups is 1. The molecule has 0 spiro atoms. The molecule has 1 saturated carbocycles. The van der Waals surface area contributed by atoms with Gasteiger partial charge in [0.15, 0.2) is 0 Å². The van der Waals surface area contributed by atoms with Crippen LogP contribution in [0.1, 0.15) is 42.7 Å². The second-order valence-electron chi connectivity index (χ2n) is 6.13. The Labute approximate surface area is 125 Å². The summed E-state index contributed by atoms with van der Waals surface area (Å²) in [7, 11) is 0. The molecular formula is C18H22N2O. The Morgan fingerprint density at radius 1 is 1.10 bits per heavy atom. The van der Waals surface area contributed by atoms with Crippen LogP contribution >= 0.6 is 0 Å². The van der Waals surface area contributed by atoms with Gasteiger partial charge in [-0.15, -0.1) is 0 Å². The lowest BCUT2D eigenvalue weighted by Crippen LogP contribution is -2.36. The maximum Gasteiger partial charge on any atom is 0.126 e. The molecule has 1 heterocycles. The molecule has 1 fully saturated rings. The molecule has 1 aromatic carbocycles. The molecular weight excluding hydrogens is 260 g/mol. The zero-order chi connectivity index (χ0) is 14.7. The summed E-state index contributed by atoms with van der Waals surface area (Å²) in [5.74, 6) is 1.11. The predicted molar refractivity (Wildman–Crippen MR) is 85.0 cm³/mol. The van der Waals surface area contributed by atoms with Gasteiger partial charge in [-0.2, -0.15) is 0 Å². The number of benzene rings is 1. The number of nitrogens with two attached hydrogens (primary N) is 1. The molecule has 2 aromatic rings. The molecule has 1 aliphatic rings. The first kappa shape index (κ1) is 14.1. The van der Waals surface area contributed by atoms with Crippen LogP contribution in [0.2, 0.25) is 0 Å². The first-order chi connectivity index (χ1) is 10.2. The summed E-state index contributed by atoms with van der Waals surface area (Å²) in [5, 5.41) is 10.8. The minimum Gasteiger partial charge on any atom is -0.390 e. The molecule has 1 aliphatic carbocycles. The molecule has 3 rings (SSSR count). The standard InChI is InChI=1S/C18H22N2O/c19-17-16(7-4-12-20-17)13-18(21)10-8-15(9-11-18)14-5-2-1-3-6-14/h1-7,12,15,21H,8-11,13H2,(H2,19,20). The van der Waals surface area contributed by atoms with E-state index < -0.39 is 5.60 Å². The number of nitrogen functional groups attached to an aromatic ring is 1. The van der Waals surface area contributed by atoms with Gasteiger partial charge in [-0.3, -0.25) is 0 Å². The predicted octanol–water partition coefficient (Wildman–Crippen LogP) is 3.30. The number of nitrogens with zero attached hydrogens (tertiary/aromatic N) is 1. The van der Waals surface area contributed by atoms with E-state index >= 15 is 0 Å². The molecule has 3 nitrogen and oxygen atoms in total. The van der Waals surface area contributed by atoms with Crippen molar-refractivity contribution in [2.24, 2.45) is 0 Å². The van der Waals surface area contributed by atoms with Crippen molar-refractivity contribution in [2.75, 3.05) is 5.73 Å². The summed E-state index contributed by atoms with van der Waals surface area (Å²) >= 11 is 0. The van der Waals surface area contributed by atoms with E-state index in [9.17, 15) is 5.11 Å². The highest BCUT2D eigenvalue weighted by molar-refractivity contribution is 5.39. The smallest absolute Gasteiger partial charge is 0.126 e. The lowest BCUT2D eigenvalue weighted by Gasteiger charge is -2.36. The molecule has 0 aliphatic heterocycles. The van der Waals surface area contributed by atoms with Gasteiger partial charge < -0.3 is 10.8 Å². The molecule has 0 unspecified atom stereocenters. The average molecular weight is 282 g/mol. The van der Waals surface area contributed by atoms with Gasteiger partial charge in [-0.25, -0.2) is 4.98 Å². The number of aromatic nitrogens is 1. The first-order valence-electron chi connectivity index (χ1n) is 7.63. The summed E-state index contributed by atoms with van der Waals surface area (Å²) in [6.07, 6.45) is 5.99. The van der Waals surface area contributed by atoms with Crippen molar-refractivity contribution in [3.8, 4) is 0 Å². The summed E-state index contributed by atoms with van der Waals surface area (Å²) in [6, 6.07) is 14.4. The van der Waals surface area contributed by atoms with Crippen LogP contribution in [0.15, 0.2) is 48.7 Å². The van der Waals surface area contributed by atoms with E-state index in [0.29, 0.717) is 18.2 Å². The molecule has 0 amide bonds. The highest BCUT2D eigenvalue weighted by Gasteiger charge is 2.34. The van der Waals surface area contributed by atoms with E-state index in [2.05, 4.69) is 29.2 Å². The van der Waals surface area contributed by atoms with Gasteiger partial charge in [-0.05, 0) is 48.8 Å². The Morgan fingerprint density at radius 3 is 2.48 bits per heavy atom. The van der Waals surface area contributed by atoms with Crippen molar-refractivity contribution < 1.29 is 5.11 Å². The molecule has 3 heteroatoms. The van der Waals surface area contributed by atoms with Crippen molar-refractivity contribution in [3.05, 3.63) is 59.8 Å². The SMILES string of the molecule is Nc1ncccc1CC1(O)CCC(c2ccccc2)CC1. The number of anilines is 1. The van der Waals surface area contributed by atoms with E-state index in [0.717, 1.165) is 31.2 Å². The third-order valence-corrected chi connectivity index (χ3v) is 4.63. The third-order valence-electron chi connectivity index (χ3n) is 4.63. The summed E-state index contributed by atoms with van der Waals surface area (Å²) in [4.78, 5) is 4.10. The van der Waals surface area contributed by atoms with E-state index in [4.69, 9.17) is 5.73 Å². The highest BCUT2D eigenvalue weighted by Crippen LogP contribution is 2.39. The largest absolute Gasteiger partial charge is 0.390 e. The van der Waals surface area contributed by atoms with Crippen LogP contribution in [0.3, 0.4) is 0 Å². The third kappa shape index (κ3) is 3.24. The van der Waals surface area contributed by atoms with Gasteiger partial charge in [0, 0.05) is 12.6 Å². The van der Waals surface area contributed by atoms with Crippen LogP contribution < -0.4 is 5.73 Å². The second kappa shape index (κ2) is 5.86. The Kier molecular flexibility index (Phi) is 3.93. The maximum atomic E-state index is 10.8. The fourth-order valence-electron chi connectivity index (χ4n) is 3.35. The van der Waals surface area contributed by atoms with Crippen molar-refractivity contribution in [2.45, 2.75) is 43.6 Å². The number of pyridine rings is 1. The molecule has 0 atom stereocenters. The molecule has 110 valence electrons. The van der Waals surface area contributed by atoms with Crippen LogP contribution in [-0.4, -0.2) is 15.7 Å². The van der Waals surface area contributed by atoms with Crippen LogP contribution in [0.4, 0.5) is 5.82 Å². The fourth-order valence-corrected chi connectivity index (χ4v) is 3.35. The van der Waals surface area contributed by atoms with Crippen LogP contribution in [0.5, 0.6) is 0 Å². The van der Waals surface area contributed by atoms with Crippen molar-refractivity contribution in [1.82, 2.24) is 4.98 Å². The molecule has 0 bridgehead atoms. The molecule has 3 N–H and O–H groups in total. The minimum absolute atomic E-state index is 0.538. The van der Waals surface area contributed by atoms with Gasteiger partial charge in [0.25, 0.3) is 0 Å². The molecule has 0 saturated heterocycles. The maximum absolute atomic E-state index is 10.8. The van der Waals surface area contributed by atoms with Gasteiger partial charge in [0.2, 0.25) is 0 Å². The summed E-state index contributed by atoms with van der Waals surface area (Å²) in [5.41, 5.74) is 7.60. The van der Waals surface area contributed by atoms with Crippen LogP contribution in [0.25, 0.3) is 0 Å². The minimum atomic E-state index is -0.636. The van der Waals surface area contributed by atoms with Crippen molar-refractivity contribution in [1.29, 1.82) is 0 Å². The van der Waals surface area contributed by atoms with Gasteiger partial charge in [-0.1, -0.05) is 36.4 Å². The van der Waals surface area contributed by atoms with Gasteiger partial charge in [0.05, 0.1) is 5.60 Å². The molecule has 0 radical (unpaired) electrons. The summed E-state index contributed by atoms with van der Waals surface area (Å²) in [6.45, 7) is 0. The number of rotatable bonds is 3. The highest BCUT2D eigenvalue weighted by atomic mass is 16.3. The summed E-state index contributed by atoms with van der Waals surface area (Å²) < 4.78 is 0. The number of hydrogen-bond acceptors (Lipinski definition) is 3. The monoisotopic (exact) mass is 282 g/mol. The Balaban J connectivity index is 1.66. The van der Waals surface area contributed by atoms with Crippen molar-refractivity contribution in [3.63, 3.8) is 0 Å². The zero-order valence-electron chi connectivity index (χ0n) is 12.2. The Bertz CT molecular complexity index is 589. The zero-order valence-corrected chi connectivity index (χ0v) is 12.2. The Hall–Kier alpha value is -1.87. The normalized spacial score (nSPS) is 25.7. The number of hydrogen-bond donors (Lipinski definition) is 2. The second-order valence-corrected chi connectivity index (χ2v) is 6.13. The lowest BCUT2D eigenvalue weighted by molar-refractivity contribution is -0.000379. The van der Waals surface area contributed by atoms with E-state index in [1.54, 1.807) is 6.20 Å². The van der Waals surface area contributed by atoms with Crippen molar-refractivity contribution >= 4 is 5.82 Å². The van der Waals surface area contributed by atoms with Crippen LogP contribution in [0, 0.1) is 0 Å². The first-order valence-corrected chi connectivity index (χ1v) is 7.63. The Morgan fingerprint density at radius 2 is 1.81 bits per heavy atom.